The molecule has 0 radical (unpaired) electrons. The van der Waals surface area contributed by atoms with Crippen LogP contribution in [0.1, 0.15) is 42.5 Å². The highest BCUT2D eigenvalue weighted by atomic mass is 16.1. The van der Waals surface area contributed by atoms with Crippen molar-refractivity contribution >= 4 is 17.3 Å². The number of nitrogens with two attached hydrogens (primary N) is 2. The van der Waals surface area contributed by atoms with Crippen LogP contribution in [-0.2, 0) is 0 Å². The molecule has 1 aliphatic rings. The zero-order valence-electron chi connectivity index (χ0n) is 11.6. The van der Waals surface area contributed by atoms with Crippen LogP contribution in [0.25, 0.3) is 0 Å². The van der Waals surface area contributed by atoms with Gasteiger partial charge >= 0.3 is 0 Å². The second-order valence-electron chi connectivity index (χ2n) is 5.53. The summed E-state index contributed by atoms with van der Waals surface area (Å²) in [5.74, 6) is 0.301. The van der Waals surface area contributed by atoms with Gasteiger partial charge in [0.05, 0.1) is 5.56 Å². The van der Waals surface area contributed by atoms with Crippen LogP contribution in [0.5, 0.6) is 0 Å². The van der Waals surface area contributed by atoms with Gasteiger partial charge in [-0.15, -0.1) is 0 Å². The lowest BCUT2D eigenvalue weighted by molar-refractivity contribution is 0.100. The molecule has 0 atom stereocenters. The Morgan fingerprint density at radius 3 is 2.63 bits per heavy atom. The van der Waals surface area contributed by atoms with Gasteiger partial charge in [-0.3, -0.25) is 4.79 Å². The molecule has 2 rings (SSSR count). The van der Waals surface area contributed by atoms with E-state index >= 15 is 0 Å². The Labute approximate surface area is 114 Å². The average Bonchev–Trinajstić information content (AvgIpc) is 2.39. The van der Waals surface area contributed by atoms with Crippen LogP contribution >= 0.6 is 0 Å². The third-order valence-corrected chi connectivity index (χ3v) is 3.95. The van der Waals surface area contributed by atoms with E-state index in [1.165, 1.54) is 32.1 Å². The van der Waals surface area contributed by atoms with Gasteiger partial charge in [0.15, 0.2) is 0 Å². The fraction of sp³-hybridized carbons (Fsp3) is 0.533. The number of anilines is 2. The largest absolute Gasteiger partial charge is 0.399 e. The highest BCUT2D eigenvalue weighted by molar-refractivity contribution is 5.99. The lowest BCUT2D eigenvalue weighted by atomic mass is 9.89. The van der Waals surface area contributed by atoms with Crippen LogP contribution in [-0.4, -0.2) is 19.5 Å². The number of nitrogen functional groups attached to an aromatic ring is 1. The molecule has 0 bridgehead atoms. The Balaban J connectivity index is 2.13. The van der Waals surface area contributed by atoms with E-state index in [1.54, 1.807) is 6.07 Å². The predicted molar refractivity (Wildman–Crippen MR) is 79.2 cm³/mol. The molecule has 104 valence electrons. The van der Waals surface area contributed by atoms with E-state index < -0.39 is 5.91 Å². The van der Waals surface area contributed by atoms with Crippen molar-refractivity contribution in [3.05, 3.63) is 23.8 Å². The van der Waals surface area contributed by atoms with E-state index in [1.807, 2.05) is 19.2 Å². The van der Waals surface area contributed by atoms with E-state index in [0.717, 1.165) is 18.2 Å². The van der Waals surface area contributed by atoms with Crippen molar-refractivity contribution in [2.75, 3.05) is 24.2 Å². The smallest absolute Gasteiger partial charge is 0.250 e. The molecule has 0 saturated heterocycles. The molecule has 4 N–H and O–H groups in total. The fourth-order valence-corrected chi connectivity index (χ4v) is 2.94. The van der Waals surface area contributed by atoms with Gasteiger partial charge in [-0.05, 0) is 37.0 Å². The Morgan fingerprint density at radius 2 is 2.00 bits per heavy atom. The lowest BCUT2D eigenvalue weighted by Crippen LogP contribution is -2.29. The molecule has 19 heavy (non-hydrogen) atoms. The molecule has 1 saturated carbocycles. The summed E-state index contributed by atoms with van der Waals surface area (Å²) in [5.41, 5.74) is 13.1. The molecular weight excluding hydrogens is 238 g/mol. The molecule has 0 aliphatic heterocycles. The van der Waals surface area contributed by atoms with Crippen LogP contribution < -0.4 is 16.4 Å². The van der Waals surface area contributed by atoms with Gasteiger partial charge in [0, 0.05) is 25.0 Å². The third kappa shape index (κ3) is 3.40. The van der Waals surface area contributed by atoms with Gasteiger partial charge < -0.3 is 16.4 Å². The molecular formula is C15H23N3O. The Hall–Kier alpha value is -1.71. The van der Waals surface area contributed by atoms with E-state index in [0.29, 0.717) is 11.3 Å². The molecule has 1 aliphatic carbocycles. The molecule has 0 spiro atoms. The molecule has 1 fully saturated rings. The maximum Gasteiger partial charge on any atom is 0.250 e. The van der Waals surface area contributed by atoms with Crippen molar-refractivity contribution in [2.45, 2.75) is 32.1 Å². The van der Waals surface area contributed by atoms with Crippen LogP contribution in [0.4, 0.5) is 11.4 Å². The highest BCUT2D eigenvalue weighted by Crippen LogP contribution is 2.28. The first-order valence-electron chi connectivity index (χ1n) is 6.98. The Bertz CT molecular complexity index is 453. The molecule has 4 nitrogen and oxygen atoms in total. The first-order chi connectivity index (χ1) is 9.08. The minimum atomic E-state index is -0.419. The van der Waals surface area contributed by atoms with Gasteiger partial charge in [-0.2, -0.15) is 0 Å². The molecule has 4 heteroatoms. The number of hydrogen-bond donors (Lipinski definition) is 2. The van der Waals surface area contributed by atoms with Crippen molar-refractivity contribution in [1.29, 1.82) is 0 Å². The lowest BCUT2D eigenvalue weighted by Gasteiger charge is -2.29. The molecule has 1 amide bonds. The van der Waals surface area contributed by atoms with E-state index in [4.69, 9.17) is 11.5 Å². The maximum atomic E-state index is 11.5. The minimum absolute atomic E-state index is 0.419. The number of carbonyl (C=O) groups is 1. The standard InChI is InChI=1S/C15H23N3O/c1-18(10-11-5-3-2-4-6-11)14-8-7-12(16)9-13(14)15(17)19/h7-9,11H,2-6,10,16H2,1H3,(H2,17,19). The topological polar surface area (TPSA) is 72.3 Å². The van der Waals surface area contributed by atoms with E-state index in [2.05, 4.69) is 4.90 Å². The summed E-state index contributed by atoms with van der Waals surface area (Å²) in [7, 11) is 2.02. The van der Waals surface area contributed by atoms with Crippen LogP contribution in [0.2, 0.25) is 0 Å². The third-order valence-electron chi connectivity index (χ3n) is 3.95. The van der Waals surface area contributed by atoms with Gasteiger partial charge in [-0.25, -0.2) is 0 Å². The zero-order chi connectivity index (χ0) is 13.8. The SMILES string of the molecule is CN(CC1CCCCC1)c1ccc(N)cc1C(N)=O. The van der Waals surface area contributed by atoms with Crippen LogP contribution in [0.15, 0.2) is 18.2 Å². The van der Waals surface area contributed by atoms with Crippen LogP contribution in [0, 0.1) is 5.92 Å². The van der Waals surface area contributed by atoms with Crippen molar-refractivity contribution < 1.29 is 4.79 Å². The molecule has 0 unspecified atom stereocenters. The summed E-state index contributed by atoms with van der Waals surface area (Å²) in [5, 5.41) is 0. The van der Waals surface area contributed by atoms with Crippen LogP contribution in [0.3, 0.4) is 0 Å². The van der Waals surface area contributed by atoms with Gasteiger partial charge in [0.25, 0.3) is 5.91 Å². The summed E-state index contributed by atoms with van der Waals surface area (Å²) in [6.45, 7) is 0.976. The number of rotatable bonds is 4. The number of carbonyl (C=O) groups excluding carboxylic acids is 1. The summed E-state index contributed by atoms with van der Waals surface area (Å²) in [4.78, 5) is 13.6. The first kappa shape index (κ1) is 13.7. The van der Waals surface area contributed by atoms with Crippen molar-refractivity contribution in [3.63, 3.8) is 0 Å². The number of primary amides is 1. The first-order valence-corrected chi connectivity index (χ1v) is 6.98. The number of nitrogens with zero attached hydrogens (tertiary/aromatic N) is 1. The van der Waals surface area contributed by atoms with Gasteiger partial charge in [0.2, 0.25) is 0 Å². The van der Waals surface area contributed by atoms with Crippen molar-refractivity contribution in [2.24, 2.45) is 11.7 Å². The fourth-order valence-electron chi connectivity index (χ4n) is 2.94. The summed E-state index contributed by atoms with van der Waals surface area (Å²) in [6.07, 6.45) is 6.57. The van der Waals surface area contributed by atoms with Gasteiger partial charge in [0.1, 0.15) is 0 Å². The molecule has 0 aromatic heterocycles. The van der Waals surface area contributed by atoms with E-state index in [-0.39, 0.29) is 0 Å². The zero-order valence-corrected chi connectivity index (χ0v) is 11.6. The van der Waals surface area contributed by atoms with Gasteiger partial charge in [-0.1, -0.05) is 19.3 Å². The maximum absolute atomic E-state index is 11.5. The average molecular weight is 261 g/mol. The quantitative estimate of drug-likeness (QED) is 0.817. The Kier molecular flexibility index (Phi) is 4.30. The number of hydrogen-bond acceptors (Lipinski definition) is 3. The molecule has 1 aromatic rings. The monoisotopic (exact) mass is 261 g/mol. The summed E-state index contributed by atoms with van der Waals surface area (Å²) in [6, 6.07) is 5.37. The van der Waals surface area contributed by atoms with E-state index in [9.17, 15) is 4.79 Å². The minimum Gasteiger partial charge on any atom is -0.399 e. The molecule has 1 aromatic carbocycles. The number of benzene rings is 1. The van der Waals surface area contributed by atoms with Crippen molar-refractivity contribution in [3.8, 4) is 0 Å². The normalized spacial score (nSPS) is 16.3. The molecule has 0 heterocycles. The second kappa shape index (κ2) is 5.95. The summed E-state index contributed by atoms with van der Waals surface area (Å²) >= 11 is 0. The Morgan fingerprint density at radius 1 is 1.32 bits per heavy atom. The summed E-state index contributed by atoms with van der Waals surface area (Å²) < 4.78 is 0. The van der Waals surface area contributed by atoms with Crippen molar-refractivity contribution in [1.82, 2.24) is 0 Å². The predicted octanol–water partition coefficient (Wildman–Crippen LogP) is 2.38. The second-order valence-corrected chi connectivity index (χ2v) is 5.53. The number of amides is 1. The highest BCUT2D eigenvalue weighted by Gasteiger charge is 2.18.